The van der Waals surface area contributed by atoms with Gasteiger partial charge in [0.05, 0.1) is 9.92 Å². The number of halogens is 3. The second-order valence-electron chi connectivity index (χ2n) is 6.80. The van der Waals surface area contributed by atoms with Crippen LogP contribution < -0.4 is 0 Å². The fourth-order valence-electron chi connectivity index (χ4n) is 3.20. The van der Waals surface area contributed by atoms with Crippen LogP contribution in [0.2, 0.25) is 10.0 Å². The zero-order valence-corrected chi connectivity index (χ0v) is 17.5. The molecule has 0 spiro atoms. The Bertz CT molecular complexity index is 958. The van der Waals surface area contributed by atoms with Gasteiger partial charge in [-0.15, -0.1) is 0 Å². The first-order valence-corrected chi connectivity index (χ1v) is 10.8. The molecule has 0 atom stereocenters. The zero-order valence-electron chi connectivity index (χ0n) is 15.2. The fourth-order valence-corrected chi connectivity index (χ4v) is 5.33. The lowest BCUT2D eigenvalue weighted by Gasteiger charge is -2.34. The maximum atomic E-state index is 13.3. The standard InChI is InChI=1S/C19H21Cl2FN2O2S/c1-13-10-19(14(2)9-16(13)20)27(25,26)24-7-5-23(6-8-24)12-15-3-4-18(22)17(21)11-15/h3-4,9-11H,5-8,12H2,1-2H3. The summed E-state index contributed by atoms with van der Waals surface area (Å²) >= 11 is 11.9. The van der Waals surface area contributed by atoms with Gasteiger partial charge in [0, 0.05) is 37.7 Å². The maximum absolute atomic E-state index is 13.3. The fraction of sp³-hybridized carbons (Fsp3) is 0.368. The van der Waals surface area contributed by atoms with E-state index in [1.165, 1.54) is 10.4 Å². The predicted molar refractivity (Wildman–Crippen MR) is 106 cm³/mol. The number of nitrogens with zero attached hydrogens (tertiary/aromatic N) is 2. The topological polar surface area (TPSA) is 40.6 Å². The summed E-state index contributed by atoms with van der Waals surface area (Å²) in [6.07, 6.45) is 0. The normalized spacial score (nSPS) is 16.6. The van der Waals surface area contributed by atoms with Crippen LogP contribution in [0.25, 0.3) is 0 Å². The Morgan fingerprint density at radius 3 is 2.26 bits per heavy atom. The molecule has 0 bridgehead atoms. The van der Waals surface area contributed by atoms with Crippen LogP contribution in [-0.4, -0.2) is 43.8 Å². The van der Waals surface area contributed by atoms with Crippen LogP contribution in [-0.2, 0) is 16.6 Å². The molecular weight excluding hydrogens is 410 g/mol. The van der Waals surface area contributed by atoms with Crippen LogP contribution in [0, 0.1) is 19.7 Å². The van der Waals surface area contributed by atoms with Crippen molar-refractivity contribution in [1.82, 2.24) is 9.21 Å². The molecule has 1 aliphatic rings. The van der Waals surface area contributed by atoms with Crippen molar-refractivity contribution < 1.29 is 12.8 Å². The summed E-state index contributed by atoms with van der Waals surface area (Å²) in [7, 11) is -3.56. The number of benzene rings is 2. The first kappa shape index (κ1) is 20.6. The molecule has 0 aliphatic carbocycles. The Kier molecular flexibility index (Phi) is 6.13. The minimum absolute atomic E-state index is 0.0993. The third-order valence-corrected chi connectivity index (χ3v) is 7.53. The highest BCUT2D eigenvalue weighted by Crippen LogP contribution is 2.27. The van der Waals surface area contributed by atoms with E-state index in [-0.39, 0.29) is 5.02 Å². The first-order valence-electron chi connectivity index (χ1n) is 8.61. The van der Waals surface area contributed by atoms with E-state index in [9.17, 15) is 12.8 Å². The largest absolute Gasteiger partial charge is 0.296 e. The van der Waals surface area contributed by atoms with Crippen LogP contribution >= 0.6 is 23.2 Å². The molecule has 0 aromatic heterocycles. The second kappa shape index (κ2) is 8.05. The van der Waals surface area contributed by atoms with E-state index in [4.69, 9.17) is 23.2 Å². The van der Waals surface area contributed by atoms with Gasteiger partial charge in [-0.1, -0.05) is 29.3 Å². The third-order valence-electron chi connectivity index (χ3n) is 4.80. The van der Waals surface area contributed by atoms with Crippen molar-refractivity contribution in [3.63, 3.8) is 0 Å². The van der Waals surface area contributed by atoms with Crippen LogP contribution in [0.5, 0.6) is 0 Å². The van der Waals surface area contributed by atoms with Gasteiger partial charge in [-0.25, -0.2) is 12.8 Å². The van der Waals surface area contributed by atoms with Crippen molar-refractivity contribution in [2.75, 3.05) is 26.2 Å². The summed E-state index contributed by atoms with van der Waals surface area (Å²) in [5, 5.41) is 0.663. The molecule has 1 saturated heterocycles. The Labute approximate surface area is 169 Å². The molecule has 8 heteroatoms. The van der Waals surface area contributed by atoms with E-state index < -0.39 is 15.8 Å². The van der Waals surface area contributed by atoms with Crippen molar-refractivity contribution >= 4 is 33.2 Å². The highest BCUT2D eigenvalue weighted by atomic mass is 35.5. The van der Waals surface area contributed by atoms with Gasteiger partial charge in [0.25, 0.3) is 0 Å². The lowest BCUT2D eigenvalue weighted by molar-refractivity contribution is 0.181. The summed E-state index contributed by atoms with van der Waals surface area (Å²) in [5.41, 5.74) is 2.29. The van der Waals surface area contributed by atoms with E-state index in [1.807, 2.05) is 0 Å². The second-order valence-corrected chi connectivity index (χ2v) is 9.52. The molecular formula is C19H21Cl2FN2O2S. The molecule has 2 aromatic rings. The number of hydrogen-bond donors (Lipinski definition) is 0. The van der Waals surface area contributed by atoms with Gasteiger partial charge in [-0.3, -0.25) is 4.90 Å². The highest BCUT2D eigenvalue weighted by Gasteiger charge is 2.30. The molecule has 1 fully saturated rings. The Hall–Kier alpha value is -1.18. The smallest absolute Gasteiger partial charge is 0.243 e. The Balaban J connectivity index is 1.69. The van der Waals surface area contributed by atoms with Crippen LogP contribution in [0.1, 0.15) is 16.7 Å². The number of piperazine rings is 1. The predicted octanol–water partition coefficient (Wildman–Crippen LogP) is 4.26. The molecule has 4 nitrogen and oxygen atoms in total. The zero-order chi connectivity index (χ0) is 19.8. The van der Waals surface area contributed by atoms with Gasteiger partial charge in [-0.05, 0) is 54.8 Å². The van der Waals surface area contributed by atoms with E-state index in [2.05, 4.69) is 4.90 Å². The molecule has 0 amide bonds. The molecule has 0 radical (unpaired) electrons. The quantitative estimate of drug-likeness (QED) is 0.727. The SMILES string of the molecule is Cc1cc(S(=O)(=O)N2CCN(Cc3ccc(F)c(Cl)c3)CC2)c(C)cc1Cl. The molecule has 0 N–H and O–H groups in total. The van der Waals surface area contributed by atoms with Gasteiger partial charge < -0.3 is 0 Å². The molecule has 2 aromatic carbocycles. The summed E-state index contributed by atoms with van der Waals surface area (Å²) in [5.74, 6) is -0.440. The third kappa shape index (κ3) is 4.46. The molecule has 0 saturated carbocycles. The molecule has 1 heterocycles. The van der Waals surface area contributed by atoms with E-state index in [0.29, 0.717) is 48.2 Å². The Morgan fingerprint density at radius 1 is 0.963 bits per heavy atom. The number of hydrogen-bond acceptors (Lipinski definition) is 3. The molecule has 3 rings (SSSR count). The summed E-state index contributed by atoms with van der Waals surface area (Å²) < 4.78 is 40.8. The van der Waals surface area contributed by atoms with Gasteiger partial charge in [-0.2, -0.15) is 4.31 Å². The molecule has 0 unspecified atom stereocenters. The Morgan fingerprint density at radius 2 is 1.63 bits per heavy atom. The maximum Gasteiger partial charge on any atom is 0.243 e. The molecule has 27 heavy (non-hydrogen) atoms. The summed E-state index contributed by atoms with van der Waals surface area (Å²) in [6.45, 7) is 6.16. The number of aryl methyl sites for hydroxylation is 2. The van der Waals surface area contributed by atoms with E-state index in [0.717, 1.165) is 11.1 Å². The van der Waals surface area contributed by atoms with Crippen molar-refractivity contribution in [2.24, 2.45) is 0 Å². The lowest BCUT2D eigenvalue weighted by Crippen LogP contribution is -2.48. The number of sulfonamides is 1. The van der Waals surface area contributed by atoms with Crippen molar-refractivity contribution in [3.05, 3.63) is 62.9 Å². The lowest BCUT2D eigenvalue weighted by atomic mass is 10.2. The van der Waals surface area contributed by atoms with Crippen molar-refractivity contribution in [2.45, 2.75) is 25.3 Å². The minimum Gasteiger partial charge on any atom is -0.296 e. The van der Waals surface area contributed by atoms with Crippen LogP contribution in [0.4, 0.5) is 4.39 Å². The molecule has 146 valence electrons. The van der Waals surface area contributed by atoms with Crippen LogP contribution in [0.3, 0.4) is 0 Å². The number of rotatable bonds is 4. The van der Waals surface area contributed by atoms with Crippen molar-refractivity contribution in [3.8, 4) is 0 Å². The van der Waals surface area contributed by atoms with Gasteiger partial charge in [0.1, 0.15) is 5.82 Å². The first-order chi connectivity index (χ1) is 12.7. The van der Waals surface area contributed by atoms with Crippen molar-refractivity contribution in [1.29, 1.82) is 0 Å². The van der Waals surface area contributed by atoms with Gasteiger partial charge in [0.15, 0.2) is 0 Å². The van der Waals surface area contributed by atoms with E-state index >= 15 is 0 Å². The monoisotopic (exact) mass is 430 g/mol. The highest BCUT2D eigenvalue weighted by molar-refractivity contribution is 7.89. The van der Waals surface area contributed by atoms with Gasteiger partial charge in [0.2, 0.25) is 10.0 Å². The molecule has 1 aliphatic heterocycles. The average molecular weight is 431 g/mol. The average Bonchev–Trinajstić information content (AvgIpc) is 2.61. The minimum atomic E-state index is -3.56. The van der Waals surface area contributed by atoms with Gasteiger partial charge >= 0.3 is 0 Å². The van der Waals surface area contributed by atoms with E-state index in [1.54, 1.807) is 38.1 Å². The summed E-state index contributed by atoms with van der Waals surface area (Å²) in [6, 6.07) is 7.99. The summed E-state index contributed by atoms with van der Waals surface area (Å²) in [4.78, 5) is 2.44. The van der Waals surface area contributed by atoms with Crippen LogP contribution in [0.15, 0.2) is 35.2 Å².